The van der Waals surface area contributed by atoms with Crippen LogP contribution in [0.15, 0.2) is 24.3 Å². The van der Waals surface area contributed by atoms with Crippen LogP contribution in [-0.2, 0) is 4.79 Å². The van der Waals surface area contributed by atoms with E-state index in [9.17, 15) is 4.79 Å². The van der Waals surface area contributed by atoms with Gasteiger partial charge in [0.2, 0.25) is 0 Å². The van der Waals surface area contributed by atoms with E-state index < -0.39 is 5.97 Å². The molecule has 0 saturated heterocycles. The number of carbonyl (C=O) groups is 1. The van der Waals surface area contributed by atoms with Gasteiger partial charge in [-0.15, -0.1) is 0 Å². The number of nitrogens with two attached hydrogens (primary N) is 1. The molecular weight excluding hydrogens is 175 g/mol. The zero-order valence-corrected chi connectivity index (χ0v) is 7.16. The fourth-order valence-corrected chi connectivity index (χ4v) is 0.915. The third-order valence-electron chi connectivity index (χ3n) is 1.58. The summed E-state index contributed by atoms with van der Waals surface area (Å²) in [6.07, 6.45) is 0.115. The molecule has 0 aliphatic heterocycles. The van der Waals surface area contributed by atoms with Crippen LogP contribution in [0.2, 0.25) is 0 Å². The summed E-state index contributed by atoms with van der Waals surface area (Å²) < 4.78 is 0. The van der Waals surface area contributed by atoms with E-state index in [1.54, 1.807) is 12.1 Å². The Morgan fingerprint density at radius 2 is 1.93 bits per heavy atom. The second-order valence-electron chi connectivity index (χ2n) is 2.69. The molecule has 0 spiro atoms. The molecule has 1 rings (SSSR count). The van der Waals surface area contributed by atoms with E-state index in [4.69, 9.17) is 10.8 Å². The summed E-state index contributed by atoms with van der Waals surface area (Å²) in [6.45, 7) is 0.430. The molecule has 0 aliphatic rings. The van der Waals surface area contributed by atoms with Crippen molar-refractivity contribution in [2.75, 3.05) is 17.6 Å². The number of nitrogens with one attached hydrogen (secondary N) is 1. The molecule has 0 unspecified atom stereocenters. The average Bonchev–Trinajstić information content (AvgIpc) is 2.08. The van der Waals surface area contributed by atoms with Gasteiger partial charge in [-0.2, -0.15) is 0 Å². The van der Waals surface area contributed by atoms with Crippen LogP contribution < -0.4 is 11.1 Å². The van der Waals surface area contributed by atoms with Gasteiger partial charge < -0.3 is 16.2 Å². The van der Waals surface area contributed by atoms with Crippen molar-refractivity contribution in [3.63, 3.8) is 0 Å². The summed E-state index contributed by atoms with van der Waals surface area (Å²) in [4.78, 5) is 10.2. The molecule has 72 valence electrons. The first-order chi connectivity index (χ1) is 6.18. The molecule has 4 nitrogen and oxygen atoms in total. The molecule has 4 N–H and O–H groups in total. The molecule has 14 heavy (non-hydrogen) atoms. The topological polar surface area (TPSA) is 75.3 Å². The van der Waals surface area contributed by atoms with Gasteiger partial charge in [0.05, 0.1) is 6.42 Å². The van der Waals surface area contributed by atoms with Crippen LogP contribution in [0.3, 0.4) is 0 Å². The van der Waals surface area contributed by atoms with Crippen molar-refractivity contribution in [3.05, 3.63) is 24.3 Å². The molecule has 0 bridgehead atoms. The van der Waals surface area contributed by atoms with E-state index in [-0.39, 0.29) is 25.3 Å². The Morgan fingerprint density at radius 3 is 2.43 bits per heavy atom. The normalized spacial score (nSPS) is 8.86. The summed E-state index contributed by atoms with van der Waals surface area (Å²) in [6, 6.07) is 7.17. The predicted molar refractivity (Wildman–Crippen MR) is 58.7 cm³/mol. The molecule has 5 heteroatoms. The van der Waals surface area contributed by atoms with E-state index in [0.29, 0.717) is 12.2 Å². The number of rotatable bonds is 4. The predicted octanol–water partition coefficient (Wildman–Crippen LogP) is 0.507. The first kappa shape index (κ1) is 12.9. The van der Waals surface area contributed by atoms with Gasteiger partial charge in [-0.3, -0.25) is 4.79 Å². The Hall–Kier alpha value is -1.11. The Bertz CT molecular complexity index is 287. The van der Waals surface area contributed by atoms with E-state index in [0.717, 1.165) is 5.69 Å². The quantitative estimate of drug-likeness (QED) is 0.475. The van der Waals surface area contributed by atoms with Crippen LogP contribution in [0.4, 0.5) is 11.4 Å². The molecule has 0 saturated carbocycles. The van der Waals surface area contributed by atoms with Gasteiger partial charge in [-0.1, -0.05) is 0 Å². The van der Waals surface area contributed by atoms with Crippen LogP contribution in [-0.4, -0.2) is 36.5 Å². The SMILES string of the molecule is Nc1ccc(NCCC(=O)O)cc1.[LiH]. The Kier molecular flexibility index (Phi) is 5.85. The Balaban J connectivity index is 0.00000169. The fraction of sp³-hybridized carbons (Fsp3) is 0.222. The van der Waals surface area contributed by atoms with Gasteiger partial charge in [0.15, 0.2) is 0 Å². The molecule has 1 aromatic carbocycles. The standard InChI is InChI=1S/C9H12N2O2.Li.H/c10-7-1-3-8(4-2-7)11-6-5-9(12)13;;/h1-4,11H,5-6,10H2,(H,12,13);;. The van der Waals surface area contributed by atoms with Crippen molar-refractivity contribution in [2.24, 2.45) is 0 Å². The maximum absolute atomic E-state index is 10.2. The molecular formula is C9H13LiN2O2. The number of nitrogen functional groups attached to an aromatic ring is 1. The molecule has 1 aromatic rings. The van der Waals surface area contributed by atoms with Gasteiger partial charge in [-0.25, -0.2) is 0 Å². The Morgan fingerprint density at radius 1 is 1.36 bits per heavy atom. The average molecular weight is 188 g/mol. The minimum atomic E-state index is -0.803. The third-order valence-corrected chi connectivity index (χ3v) is 1.58. The van der Waals surface area contributed by atoms with E-state index >= 15 is 0 Å². The molecule has 0 aliphatic carbocycles. The van der Waals surface area contributed by atoms with Crippen LogP contribution >= 0.6 is 0 Å². The molecule has 0 fully saturated rings. The van der Waals surface area contributed by atoms with Crippen molar-refractivity contribution >= 4 is 36.2 Å². The summed E-state index contributed by atoms with van der Waals surface area (Å²) >= 11 is 0. The summed E-state index contributed by atoms with van der Waals surface area (Å²) in [5, 5.41) is 11.3. The van der Waals surface area contributed by atoms with E-state index in [1.165, 1.54) is 0 Å². The minimum absolute atomic E-state index is 0. The van der Waals surface area contributed by atoms with Crippen molar-refractivity contribution < 1.29 is 9.90 Å². The van der Waals surface area contributed by atoms with Gasteiger partial charge in [0.25, 0.3) is 0 Å². The third kappa shape index (κ3) is 4.80. The number of hydrogen-bond acceptors (Lipinski definition) is 3. The van der Waals surface area contributed by atoms with Crippen molar-refractivity contribution in [3.8, 4) is 0 Å². The van der Waals surface area contributed by atoms with Crippen LogP contribution in [0.5, 0.6) is 0 Å². The zero-order valence-electron chi connectivity index (χ0n) is 7.16. The number of carboxylic acids is 1. The van der Waals surface area contributed by atoms with Crippen molar-refractivity contribution in [1.82, 2.24) is 0 Å². The number of carboxylic acid groups (broad SMARTS) is 1. The van der Waals surface area contributed by atoms with Gasteiger partial charge in [0, 0.05) is 17.9 Å². The van der Waals surface area contributed by atoms with Gasteiger partial charge >= 0.3 is 24.8 Å². The molecule has 0 amide bonds. The second kappa shape index (κ2) is 6.36. The van der Waals surface area contributed by atoms with E-state index in [2.05, 4.69) is 5.32 Å². The van der Waals surface area contributed by atoms with Gasteiger partial charge in [0.1, 0.15) is 0 Å². The summed E-state index contributed by atoms with van der Waals surface area (Å²) in [5.41, 5.74) is 7.06. The van der Waals surface area contributed by atoms with Crippen LogP contribution in [0, 0.1) is 0 Å². The van der Waals surface area contributed by atoms with E-state index in [1.807, 2.05) is 12.1 Å². The molecule has 0 atom stereocenters. The first-order valence-corrected chi connectivity index (χ1v) is 3.99. The maximum atomic E-state index is 10.2. The summed E-state index contributed by atoms with van der Waals surface area (Å²) in [5.74, 6) is -0.803. The molecule has 0 heterocycles. The van der Waals surface area contributed by atoms with Crippen molar-refractivity contribution in [1.29, 1.82) is 0 Å². The second-order valence-corrected chi connectivity index (χ2v) is 2.69. The fourth-order valence-electron chi connectivity index (χ4n) is 0.915. The number of anilines is 2. The molecule has 0 radical (unpaired) electrons. The first-order valence-electron chi connectivity index (χ1n) is 3.99. The number of hydrogen-bond donors (Lipinski definition) is 3. The summed E-state index contributed by atoms with van der Waals surface area (Å²) in [7, 11) is 0. The number of aliphatic carboxylic acids is 1. The van der Waals surface area contributed by atoms with Crippen LogP contribution in [0.1, 0.15) is 6.42 Å². The monoisotopic (exact) mass is 188 g/mol. The molecule has 0 aromatic heterocycles. The van der Waals surface area contributed by atoms with Crippen LogP contribution in [0.25, 0.3) is 0 Å². The van der Waals surface area contributed by atoms with Crippen molar-refractivity contribution in [2.45, 2.75) is 6.42 Å². The number of benzene rings is 1. The zero-order chi connectivity index (χ0) is 9.68. The Labute approximate surface area is 94.7 Å². The van der Waals surface area contributed by atoms with Gasteiger partial charge in [-0.05, 0) is 24.3 Å².